The number of nitrogens with one attached hydrogen (secondary N) is 2. The lowest BCUT2D eigenvalue weighted by Crippen LogP contribution is -2.39. The number of para-hydroxylation sites is 1. The Labute approximate surface area is 137 Å². The van der Waals surface area contributed by atoms with E-state index < -0.39 is 0 Å². The predicted molar refractivity (Wildman–Crippen MR) is 94.0 cm³/mol. The zero-order valence-electron chi connectivity index (χ0n) is 13.9. The van der Waals surface area contributed by atoms with Crippen molar-refractivity contribution in [1.82, 2.24) is 5.32 Å². The first kappa shape index (κ1) is 16.9. The molecule has 0 bridgehead atoms. The van der Waals surface area contributed by atoms with Gasteiger partial charge in [-0.15, -0.1) is 0 Å². The van der Waals surface area contributed by atoms with Gasteiger partial charge in [0.25, 0.3) is 5.91 Å². The lowest BCUT2D eigenvalue weighted by molar-refractivity contribution is 0.0950. The minimum absolute atomic E-state index is 0.0758. The maximum absolute atomic E-state index is 12.2. The van der Waals surface area contributed by atoms with Gasteiger partial charge in [0.1, 0.15) is 5.75 Å². The maximum atomic E-state index is 12.2. The van der Waals surface area contributed by atoms with Crippen LogP contribution in [0.1, 0.15) is 24.2 Å². The summed E-state index contributed by atoms with van der Waals surface area (Å²) in [6, 6.07) is 17.3. The highest BCUT2D eigenvalue weighted by molar-refractivity contribution is 5.94. The molecule has 2 N–H and O–H groups in total. The molecule has 1 amide bonds. The van der Waals surface area contributed by atoms with E-state index in [1.165, 1.54) is 0 Å². The average Bonchev–Trinajstić information content (AvgIpc) is 2.59. The van der Waals surface area contributed by atoms with Crippen molar-refractivity contribution in [2.75, 3.05) is 19.0 Å². The van der Waals surface area contributed by atoms with Crippen LogP contribution in [-0.2, 0) is 0 Å². The molecule has 4 heteroatoms. The fourth-order valence-electron chi connectivity index (χ4n) is 2.25. The molecular weight excluding hydrogens is 288 g/mol. The van der Waals surface area contributed by atoms with Gasteiger partial charge in [-0.1, -0.05) is 32.0 Å². The number of carbonyl (C=O) groups excluding carboxylic acids is 1. The average molecular weight is 312 g/mol. The largest absolute Gasteiger partial charge is 0.497 e. The quantitative estimate of drug-likeness (QED) is 0.822. The van der Waals surface area contributed by atoms with Crippen molar-refractivity contribution in [2.24, 2.45) is 5.92 Å². The molecule has 23 heavy (non-hydrogen) atoms. The van der Waals surface area contributed by atoms with E-state index in [4.69, 9.17) is 4.74 Å². The van der Waals surface area contributed by atoms with Gasteiger partial charge in [0.05, 0.1) is 7.11 Å². The molecule has 0 saturated carbocycles. The van der Waals surface area contributed by atoms with Crippen LogP contribution in [0.4, 0.5) is 5.69 Å². The van der Waals surface area contributed by atoms with Gasteiger partial charge < -0.3 is 15.4 Å². The Kier molecular flexibility index (Phi) is 6.03. The van der Waals surface area contributed by atoms with Crippen LogP contribution in [0.3, 0.4) is 0 Å². The number of ether oxygens (including phenoxy) is 1. The molecule has 4 nitrogen and oxygen atoms in total. The van der Waals surface area contributed by atoms with Crippen LogP contribution in [-0.4, -0.2) is 25.6 Å². The molecule has 0 aliphatic heterocycles. The Morgan fingerprint density at radius 2 is 1.70 bits per heavy atom. The fourth-order valence-corrected chi connectivity index (χ4v) is 2.25. The molecule has 122 valence electrons. The smallest absolute Gasteiger partial charge is 0.251 e. The molecule has 0 saturated heterocycles. The summed E-state index contributed by atoms with van der Waals surface area (Å²) in [6.45, 7) is 4.84. The third kappa shape index (κ3) is 5.02. The number of carbonyl (C=O) groups is 1. The second kappa shape index (κ2) is 8.22. The minimum atomic E-state index is -0.0758. The summed E-state index contributed by atoms with van der Waals surface area (Å²) in [6.07, 6.45) is 0. The minimum Gasteiger partial charge on any atom is -0.497 e. The number of hydrogen-bond donors (Lipinski definition) is 2. The van der Waals surface area contributed by atoms with Gasteiger partial charge in [-0.05, 0) is 42.3 Å². The summed E-state index contributed by atoms with van der Waals surface area (Å²) in [5.74, 6) is 1.06. The number of hydrogen-bond acceptors (Lipinski definition) is 3. The van der Waals surface area contributed by atoms with Gasteiger partial charge in [0, 0.05) is 23.8 Å². The van der Waals surface area contributed by atoms with Crippen molar-refractivity contribution in [3.63, 3.8) is 0 Å². The van der Waals surface area contributed by atoms with Gasteiger partial charge in [-0.3, -0.25) is 4.79 Å². The highest BCUT2D eigenvalue weighted by Crippen LogP contribution is 2.13. The first-order chi connectivity index (χ1) is 11.1. The second-order valence-electron chi connectivity index (χ2n) is 5.80. The van der Waals surface area contributed by atoms with Gasteiger partial charge in [-0.25, -0.2) is 0 Å². The summed E-state index contributed by atoms with van der Waals surface area (Å²) in [4.78, 5) is 12.2. The third-order valence-electron chi connectivity index (χ3n) is 3.77. The molecule has 0 unspecified atom stereocenters. The normalized spacial score (nSPS) is 11.8. The molecule has 0 aliphatic rings. The van der Waals surface area contributed by atoms with Crippen LogP contribution in [0.5, 0.6) is 5.75 Å². The Bertz CT molecular complexity index is 609. The fraction of sp³-hybridized carbons (Fsp3) is 0.316. The number of anilines is 1. The van der Waals surface area contributed by atoms with Crippen LogP contribution in [0.2, 0.25) is 0 Å². The Morgan fingerprint density at radius 1 is 1.04 bits per heavy atom. The summed E-state index contributed by atoms with van der Waals surface area (Å²) in [7, 11) is 1.61. The zero-order chi connectivity index (χ0) is 16.7. The van der Waals surface area contributed by atoms with Gasteiger partial charge in [0.15, 0.2) is 0 Å². The molecule has 0 aliphatic carbocycles. The van der Waals surface area contributed by atoms with E-state index in [1.54, 1.807) is 31.4 Å². The Morgan fingerprint density at radius 3 is 2.26 bits per heavy atom. The standard InChI is InChI=1S/C19H24N2O2/c1-14(2)18(21-16-7-5-4-6-8-16)13-20-19(22)15-9-11-17(23-3)12-10-15/h4-12,14,18,21H,13H2,1-3H3,(H,20,22)/t18-/m0/s1. The van der Waals surface area contributed by atoms with Crippen LogP contribution in [0.25, 0.3) is 0 Å². The van der Waals surface area contributed by atoms with E-state index >= 15 is 0 Å². The summed E-state index contributed by atoms with van der Waals surface area (Å²) < 4.78 is 5.10. The second-order valence-corrected chi connectivity index (χ2v) is 5.80. The van der Waals surface area contributed by atoms with Crippen molar-refractivity contribution >= 4 is 11.6 Å². The SMILES string of the molecule is COc1ccc(C(=O)NC[C@H](Nc2ccccc2)C(C)C)cc1. The lowest BCUT2D eigenvalue weighted by Gasteiger charge is -2.24. The number of methoxy groups -OCH3 is 1. The molecular formula is C19H24N2O2. The van der Waals surface area contributed by atoms with E-state index in [9.17, 15) is 4.79 Å². The molecule has 0 aromatic heterocycles. The van der Waals surface area contributed by atoms with Crippen LogP contribution in [0, 0.1) is 5.92 Å². The van der Waals surface area contributed by atoms with Crippen molar-refractivity contribution in [3.05, 3.63) is 60.2 Å². The van der Waals surface area contributed by atoms with Gasteiger partial charge in [-0.2, -0.15) is 0 Å². The summed E-state index contributed by atoms with van der Waals surface area (Å²) in [5.41, 5.74) is 1.69. The molecule has 1 atom stereocenters. The molecule has 0 fully saturated rings. The molecule has 0 spiro atoms. The van der Waals surface area contributed by atoms with Crippen molar-refractivity contribution < 1.29 is 9.53 Å². The molecule has 2 aromatic rings. The van der Waals surface area contributed by atoms with Crippen LogP contribution in [0.15, 0.2) is 54.6 Å². The van der Waals surface area contributed by atoms with Crippen molar-refractivity contribution in [1.29, 1.82) is 0 Å². The topological polar surface area (TPSA) is 50.4 Å². The summed E-state index contributed by atoms with van der Waals surface area (Å²) in [5, 5.41) is 6.46. The van der Waals surface area contributed by atoms with Crippen molar-refractivity contribution in [3.8, 4) is 5.75 Å². The molecule has 2 aromatic carbocycles. The van der Waals surface area contributed by atoms with E-state index in [1.807, 2.05) is 30.3 Å². The Hall–Kier alpha value is -2.49. The predicted octanol–water partition coefficient (Wildman–Crippen LogP) is 3.56. The zero-order valence-corrected chi connectivity index (χ0v) is 13.9. The highest BCUT2D eigenvalue weighted by Gasteiger charge is 2.15. The maximum Gasteiger partial charge on any atom is 0.251 e. The third-order valence-corrected chi connectivity index (χ3v) is 3.77. The molecule has 2 rings (SSSR count). The first-order valence-corrected chi connectivity index (χ1v) is 7.84. The summed E-state index contributed by atoms with van der Waals surface area (Å²) >= 11 is 0. The monoisotopic (exact) mass is 312 g/mol. The van der Waals surface area contributed by atoms with E-state index in [0.29, 0.717) is 18.0 Å². The van der Waals surface area contributed by atoms with Crippen molar-refractivity contribution in [2.45, 2.75) is 19.9 Å². The van der Waals surface area contributed by atoms with Crippen LogP contribution < -0.4 is 15.4 Å². The van der Waals surface area contributed by atoms with E-state index in [-0.39, 0.29) is 11.9 Å². The number of amides is 1. The number of rotatable bonds is 7. The lowest BCUT2D eigenvalue weighted by atomic mass is 10.0. The van der Waals surface area contributed by atoms with E-state index in [2.05, 4.69) is 24.5 Å². The first-order valence-electron chi connectivity index (χ1n) is 7.84. The highest BCUT2D eigenvalue weighted by atomic mass is 16.5. The molecule has 0 radical (unpaired) electrons. The van der Waals surface area contributed by atoms with Crippen LogP contribution >= 0.6 is 0 Å². The van der Waals surface area contributed by atoms with Gasteiger partial charge >= 0.3 is 0 Å². The molecule has 0 heterocycles. The van der Waals surface area contributed by atoms with E-state index in [0.717, 1.165) is 11.4 Å². The number of benzene rings is 2. The Balaban J connectivity index is 1.93. The van der Waals surface area contributed by atoms with Gasteiger partial charge in [0.2, 0.25) is 0 Å².